The summed E-state index contributed by atoms with van der Waals surface area (Å²) in [6.07, 6.45) is 1.20. The molecule has 1 atom stereocenters. The second-order valence-electron chi connectivity index (χ2n) is 6.37. The van der Waals surface area contributed by atoms with Crippen LogP contribution in [0.1, 0.15) is 41.5 Å². The number of alkyl carbamates (subject to hydrolysis) is 1. The SMILES string of the molecule is CC(CNC(=O)OC(C)(C)C)NCC1=COC(C)(C)O1. The molecule has 116 valence electrons. The molecule has 0 aromatic heterocycles. The first-order valence-electron chi connectivity index (χ1n) is 6.83. The van der Waals surface area contributed by atoms with Gasteiger partial charge in [-0.05, 0) is 27.7 Å². The highest BCUT2D eigenvalue weighted by Gasteiger charge is 2.27. The van der Waals surface area contributed by atoms with Crippen LogP contribution in [0.5, 0.6) is 0 Å². The van der Waals surface area contributed by atoms with Gasteiger partial charge in [-0.2, -0.15) is 0 Å². The molecule has 1 unspecified atom stereocenters. The molecule has 0 bridgehead atoms. The number of carbonyl (C=O) groups excluding carboxylic acids is 1. The first-order chi connectivity index (χ1) is 9.07. The van der Waals surface area contributed by atoms with Gasteiger partial charge in [0.2, 0.25) is 5.79 Å². The van der Waals surface area contributed by atoms with Crippen molar-refractivity contribution in [1.29, 1.82) is 0 Å². The second kappa shape index (κ2) is 6.35. The van der Waals surface area contributed by atoms with Crippen LogP contribution in [-0.4, -0.2) is 36.6 Å². The summed E-state index contributed by atoms with van der Waals surface area (Å²) in [5.74, 6) is 0.161. The highest BCUT2D eigenvalue weighted by Crippen LogP contribution is 2.23. The second-order valence-corrected chi connectivity index (χ2v) is 6.37. The zero-order valence-electron chi connectivity index (χ0n) is 13.2. The van der Waals surface area contributed by atoms with Gasteiger partial charge < -0.3 is 24.8 Å². The molecule has 0 fully saturated rings. The standard InChI is InChI=1S/C14H26N2O4/c1-10(7-16-12(17)20-13(2,3)4)15-8-11-9-18-14(5,6)19-11/h9-10,15H,7-8H2,1-6H3,(H,16,17). The lowest BCUT2D eigenvalue weighted by Gasteiger charge is -2.21. The maximum absolute atomic E-state index is 11.5. The topological polar surface area (TPSA) is 68.8 Å². The lowest BCUT2D eigenvalue weighted by atomic mass is 10.2. The third kappa shape index (κ3) is 6.65. The van der Waals surface area contributed by atoms with Crippen molar-refractivity contribution >= 4 is 6.09 Å². The number of nitrogens with one attached hydrogen (secondary N) is 2. The average Bonchev–Trinajstić information content (AvgIpc) is 2.61. The average molecular weight is 286 g/mol. The Morgan fingerprint density at radius 3 is 2.60 bits per heavy atom. The molecular weight excluding hydrogens is 260 g/mol. The summed E-state index contributed by atoms with van der Waals surface area (Å²) in [7, 11) is 0. The van der Waals surface area contributed by atoms with Gasteiger partial charge in [0.1, 0.15) is 17.6 Å². The van der Waals surface area contributed by atoms with Gasteiger partial charge in [0.15, 0.2) is 0 Å². The van der Waals surface area contributed by atoms with Crippen LogP contribution in [0.4, 0.5) is 4.79 Å². The van der Waals surface area contributed by atoms with Gasteiger partial charge >= 0.3 is 6.09 Å². The molecule has 1 rings (SSSR count). The number of carbonyl (C=O) groups is 1. The van der Waals surface area contributed by atoms with E-state index >= 15 is 0 Å². The van der Waals surface area contributed by atoms with Crippen molar-refractivity contribution < 1.29 is 19.0 Å². The minimum atomic E-state index is -0.588. The molecule has 2 N–H and O–H groups in total. The summed E-state index contributed by atoms with van der Waals surface area (Å²) in [5.41, 5.74) is -0.480. The van der Waals surface area contributed by atoms with E-state index in [4.69, 9.17) is 14.2 Å². The number of ether oxygens (including phenoxy) is 3. The van der Waals surface area contributed by atoms with Gasteiger partial charge in [-0.3, -0.25) is 0 Å². The summed E-state index contributed by atoms with van der Waals surface area (Å²) in [5, 5.41) is 5.95. The van der Waals surface area contributed by atoms with Crippen molar-refractivity contribution in [3.8, 4) is 0 Å². The molecule has 6 nitrogen and oxygen atoms in total. The predicted molar refractivity (Wildman–Crippen MR) is 76.0 cm³/mol. The van der Waals surface area contributed by atoms with Crippen molar-refractivity contribution in [3.05, 3.63) is 12.0 Å². The molecule has 6 heteroatoms. The van der Waals surface area contributed by atoms with Gasteiger partial charge in [0, 0.05) is 26.4 Å². The fraction of sp³-hybridized carbons (Fsp3) is 0.786. The van der Waals surface area contributed by atoms with E-state index in [1.54, 1.807) is 6.26 Å². The van der Waals surface area contributed by atoms with E-state index in [2.05, 4.69) is 10.6 Å². The summed E-state index contributed by atoms with van der Waals surface area (Å²) in [4.78, 5) is 11.5. The van der Waals surface area contributed by atoms with E-state index in [1.807, 2.05) is 41.5 Å². The zero-order chi connectivity index (χ0) is 15.4. The monoisotopic (exact) mass is 286 g/mol. The molecule has 1 aliphatic rings. The van der Waals surface area contributed by atoms with Crippen LogP contribution in [-0.2, 0) is 14.2 Å². The number of amides is 1. The summed E-state index contributed by atoms with van der Waals surface area (Å²) in [6.45, 7) is 12.2. The molecule has 0 spiro atoms. The summed E-state index contributed by atoms with van der Waals surface area (Å²) in [6, 6.07) is 0.0933. The van der Waals surface area contributed by atoms with E-state index in [0.29, 0.717) is 13.1 Å². The Morgan fingerprint density at radius 2 is 2.10 bits per heavy atom. The smallest absolute Gasteiger partial charge is 0.407 e. The van der Waals surface area contributed by atoms with Crippen LogP contribution >= 0.6 is 0 Å². The Morgan fingerprint density at radius 1 is 1.45 bits per heavy atom. The molecule has 0 saturated carbocycles. The predicted octanol–water partition coefficient (Wildman–Crippen LogP) is 2.11. The number of hydrogen-bond donors (Lipinski definition) is 2. The Labute approximate surface area is 120 Å². The van der Waals surface area contributed by atoms with Gasteiger partial charge in [-0.1, -0.05) is 0 Å². The Balaban J connectivity index is 2.18. The van der Waals surface area contributed by atoms with Crippen LogP contribution < -0.4 is 10.6 Å². The highest BCUT2D eigenvalue weighted by molar-refractivity contribution is 5.67. The number of rotatable bonds is 5. The summed E-state index contributed by atoms with van der Waals surface area (Å²) >= 11 is 0. The molecule has 1 aliphatic heterocycles. The third-order valence-electron chi connectivity index (χ3n) is 2.43. The van der Waals surface area contributed by atoms with E-state index in [9.17, 15) is 4.79 Å². The fourth-order valence-electron chi connectivity index (χ4n) is 1.55. The van der Waals surface area contributed by atoms with Crippen molar-refractivity contribution in [3.63, 3.8) is 0 Å². The van der Waals surface area contributed by atoms with E-state index in [-0.39, 0.29) is 6.04 Å². The first kappa shape index (κ1) is 16.6. The maximum Gasteiger partial charge on any atom is 0.407 e. The molecule has 0 radical (unpaired) electrons. The van der Waals surface area contributed by atoms with Crippen molar-refractivity contribution in [2.24, 2.45) is 0 Å². The normalized spacial score (nSPS) is 18.6. The Kier molecular flexibility index (Phi) is 5.28. The Hall–Kier alpha value is -1.43. The van der Waals surface area contributed by atoms with Crippen molar-refractivity contribution in [2.75, 3.05) is 13.1 Å². The molecule has 0 aliphatic carbocycles. The summed E-state index contributed by atoms with van der Waals surface area (Å²) < 4.78 is 16.0. The van der Waals surface area contributed by atoms with Crippen molar-refractivity contribution in [1.82, 2.24) is 10.6 Å². The fourth-order valence-corrected chi connectivity index (χ4v) is 1.55. The van der Waals surface area contributed by atoms with E-state index in [1.165, 1.54) is 0 Å². The number of hydrogen-bond acceptors (Lipinski definition) is 5. The van der Waals surface area contributed by atoms with E-state index < -0.39 is 17.5 Å². The molecule has 0 aromatic rings. The molecule has 1 heterocycles. The largest absolute Gasteiger partial charge is 0.457 e. The van der Waals surface area contributed by atoms with Gasteiger partial charge in [-0.25, -0.2) is 4.79 Å². The highest BCUT2D eigenvalue weighted by atomic mass is 16.7. The molecule has 0 aromatic carbocycles. The van der Waals surface area contributed by atoms with E-state index in [0.717, 1.165) is 5.76 Å². The molecule has 20 heavy (non-hydrogen) atoms. The molecule has 1 amide bonds. The lowest BCUT2D eigenvalue weighted by Crippen LogP contribution is -2.41. The molecular formula is C14H26N2O4. The van der Waals surface area contributed by atoms with Gasteiger partial charge in [-0.15, -0.1) is 0 Å². The quantitative estimate of drug-likeness (QED) is 0.810. The van der Waals surface area contributed by atoms with Crippen LogP contribution in [0.15, 0.2) is 12.0 Å². The van der Waals surface area contributed by atoms with Crippen molar-refractivity contribution in [2.45, 2.75) is 59.0 Å². The first-order valence-corrected chi connectivity index (χ1v) is 6.83. The minimum absolute atomic E-state index is 0.0933. The van der Waals surface area contributed by atoms with Crippen LogP contribution in [0.25, 0.3) is 0 Å². The zero-order valence-corrected chi connectivity index (χ0v) is 13.2. The molecule has 0 saturated heterocycles. The van der Waals surface area contributed by atoms with Crippen LogP contribution in [0.3, 0.4) is 0 Å². The Bertz CT molecular complexity index is 372. The van der Waals surface area contributed by atoms with Crippen LogP contribution in [0.2, 0.25) is 0 Å². The maximum atomic E-state index is 11.5. The third-order valence-corrected chi connectivity index (χ3v) is 2.43. The lowest BCUT2D eigenvalue weighted by molar-refractivity contribution is -0.117. The van der Waals surface area contributed by atoms with Gasteiger partial charge in [0.25, 0.3) is 0 Å². The van der Waals surface area contributed by atoms with Gasteiger partial charge in [0.05, 0.1) is 6.54 Å². The minimum Gasteiger partial charge on any atom is -0.457 e. The van der Waals surface area contributed by atoms with Crippen LogP contribution in [0, 0.1) is 0 Å².